The first-order valence-electron chi connectivity index (χ1n) is 8.20. The van der Waals surface area contributed by atoms with Crippen LogP contribution in [-0.4, -0.2) is 55.4 Å². The first kappa shape index (κ1) is 17.9. The number of hydrogen-bond donors (Lipinski definition) is 2. The largest absolute Gasteiger partial charge is 0.396 e. The van der Waals surface area contributed by atoms with E-state index < -0.39 is 0 Å². The molecular formula is C18H28N2O3. The number of carbonyl (C=O) groups is 1. The average molecular weight is 320 g/mol. The topological polar surface area (TPSA) is 61.8 Å². The fourth-order valence-corrected chi connectivity index (χ4v) is 2.50. The molecule has 0 spiro atoms. The molecule has 0 saturated carbocycles. The molecule has 1 heterocycles. The first-order chi connectivity index (χ1) is 10.9. The predicted molar refractivity (Wildman–Crippen MR) is 90.5 cm³/mol. The Morgan fingerprint density at radius 1 is 1.35 bits per heavy atom. The van der Waals surface area contributed by atoms with Gasteiger partial charge in [-0.15, -0.1) is 0 Å². The predicted octanol–water partition coefficient (Wildman–Crippen LogP) is 1.58. The highest BCUT2D eigenvalue weighted by molar-refractivity contribution is 5.95. The number of hydrogen-bond acceptors (Lipinski definition) is 4. The van der Waals surface area contributed by atoms with Crippen molar-refractivity contribution in [2.24, 2.45) is 5.41 Å². The lowest BCUT2D eigenvalue weighted by Crippen LogP contribution is -2.37. The van der Waals surface area contributed by atoms with Gasteiger partial charge >= 0.3 is 0 Å². The molecule has 1 fully saturated rings. The first-order valence-corrected chi connectivity index (χ1v) is 8.20. The Bertz CT molecular complexity index is 537. The van der Waals surface area contributed by atoms with Crippen molar-refractivity contribution in [3.8, 4) is 0 Å². The standard InChI is InChI=1S/C18H28N2O3/c1-14-4-5-15(11-20-6-8-23-9-7-20)10-16(14)17(22)19-12-18(2,3)13-21/h4-5,10,21H,6-9,11-13H2,1-3H3,(H,19,22). The zero-order chi connectivity index (χ0) is 16.9. The monoisotopic (exact) mass is 320 g/mol. The molecule has 0 atom stereocenters. The number of aryl methyl sites for hydroxylation is 1. The zero-order valence-corrected chi connectivity index (χ0v) is 14.4. The number of morpholine rings is 1. The molecule has 1 aliphatic rings. The number of carbonyl (C=O) groups excluding carboxylic acids is 1. The number of amides is 1. The second kappa shape index (κ2) is 7.90. The smallest absolute Gasteiger partial charge is 0.251 e. The van der Waals surface area contributed by atoms with E-state index in [0.717, 1.165) is 44.0 Å². The van der Waals surface area contributed by atoms with E-state index >= 15 is 0 Å². The summed E-state index contributed by atoms with van der Waals surface area (Å²) in [7, 11) is 0. The third-order valence-electron chi connectivity index (χ3n) is 4.21. The third-order valence-corrected chi connectivity index (χ3v) is 4.21. The lowest BCUT2D eigenvalue weighted by atomic mass is 9.94. The number of nitrogens with one attached hydrogen (secondary N) is 1. The summed E-state index contributed by atoms with van der Waals surface area (Å²) >= 11 is 0. The molecule has 0 aromatic heterocycles. The average Bonchev–Trinajstić information content (AvgIpc) is 2.55. The molecule has 5 heteroatoms. The molecule has 5 nitrogen and oxygen atoms in total. The van der Waals surface area contributed by atoms with Gasteiger partial charge in [-0.1, -0.05) is 26.0 Å². The lowest BCUT2D eigenvalue weighted by Gasteiger charge is -2.27. The second-order valence-electron chi connectivity index (χ2n) is 7.04. The minimum atomic E-state index is -0.311. The van der Waals surface area contributed by atoms with Gasteiger partial charge in [-0.05, 0) is 24.1 Å². The lowest BCUT2D eigenvalue weighted by molar-refractivity contribution is 0.0342. The fraction of sp³-hybridized carbons (Fsp3) is 0.611. The molecule has 0 bridgehead atoms. The maximum atomic E-state index is 12.4. The number of ether oxygens (including phenoxy) is 1. The number of benzene rings is 1. The number of aliphatic hydroxyl groups excluding tert-OH is 1. The van der Waals surface area contributed by atoms with E-state index in [4.69, 9.17) is 4.74 Å². The van der Waals surface area contributed by atoms with Gasteiger partial charge in [0.15, 0.2) is 0 Å². The summed E-state index contributed by atoms with van der Waals surface area (Å²) in [5.41, 5.74) is 2.51. The number of rotatable bonds is 6. The minimum Gasteiger partial charge on any atom is -0.396 e. The van der Waals surface area contributed by atoms with Gasteiger partial charge in [0.2, 0.25) is 0 Å². The summed E-state index contributed by atoms with van der Waals surface area (Å²) in [5.74, 6) is -0.0761. The van der Waals surface area contributed by atoms with Crippen LogP contribution in [0.15, 0.2) is 18.2 Å². The summed E-state index contributed by atoms with van der Waals surface area (Å²) in [4.78, 5) is 14.8. The van der Waals surface area contributed by atoms with Gasteiger partial charge in [0, 0.05) is 43.8 Å². The van der Waals surface area contributed by atoms with Gasteiger partial charge in [0.05, 0.1) is 13.2 Å². The minimum absolute atomic E-state index is 0.0450. The molecule has 2 N–H and O–H groups in total. The SMILES string of the molecule is Cc1ccc(CN2CCOCC2)cc1C(=O)NCC(C)(C)CO. The quantitative estimate of drug-likeness (QED) is 0.835. The van der Waals surface area contributed by atoms with Crippen LogP contribution in [0.1, 0.15) is 35.3 Å². The van der Waals surface area contributed by atoms with Gasteiger partial charge in [-0.3, -0.25) is 9.69 Å². The summed E-state index contributed by atoms with van der Waals surface area (Å²) in [6.07, 6.45) is 0. The van der Waals surface area contributed by atoms with Crippen LogP contribution in [0.25, 0.3) is 0 Å². The maximum absolute atomic E-state index is 12.4. The fourth-order valence-electron chi connectivity index (χ4n) is 2.50. The highest BCUT2D eigenvalue weighted by Gasteiger charge is 2.19. The summed E-state index contributed by atoms with van der Waals surface area (Å²) in [6, 6.07) is 6.06. The Morgan fingerprint density at radius 2 is 2.04 bits per heavy atom. The normalized spacial score (nSPS) is 16.3. The second-order valence-corrected chi connectivity index (χ2v) is 7.04. The number of nitrogens with zero attached hydrogens (tertiary/aromatic N) is 1. The Morgan fingerprint density at radius 3 is 2.70 bits per heavy atom. The van der Waals surface area contributed by atoms with Crippen molar-refractivity contribution in [3.05, 3.63) is 34.9 Å². The van der Waals surface area contributed by atoms with Crippen molar-refractivity contribution in [3.63, 3.8) is 0 Å². The molecular weight excluding hydrogens is 292 g/mol. The van der Waals surface area contributed by atoms with E-state index in [1.165, 1.54) is 0 Å². The summed E-state index contributed by atoms with van der Waals surface area (Å²) in [6.45, 7) is 10.5. The van der Waals surface area contributed by atoms with Gasteiger partial charge in [0.25, 0.3) is 5.91 Å². The van der Waals surface area contributed by atoms with E-state index in [9.17, 15) is 9.90 Å². The highest BCUT2D eigenvalue weighted by atomic mass is 16.5. The van der Waals surface area contributed by atoms with Crippen LogP contribution in [0, 0.1) is 12.3 Å². The van der Waals surface area contributed by atoms with E-state index in [2.05, 4.69) is 16.3 Å². The molecule has 0 unspecified atom stereocenters. The summed E-state index contributed by atoms with van der Waals surface area (Å²) in [5, 5.41) is 12.2. The Labute approximate surface area is 138 Å². The van der Waals surface area contributed by atoms with Crippen LogP contribution in [0.5, 0.6) is 0 Å². The van der Waals surface area contributed by atoms with E-state index in [1.807, 2.05) is 32.9 Å². The van der Waals surface area contributed by atoms with Crippen LogP contribution in [0.3, 0.4) is 0 Å². The van der Waals surface area contributed by atoms with Gasteiger partial charge in [-0.25, -0.2) is 0 Å². The molecule has 1 saturated heterocycles. The van der Waals surface area contributed by atoms with Crippen LogP contribution < -0.4 is 5.32 Å². The van der Waals surface area contributed by atoms with E-state index in [-0.39, 0.29) is 17.9 Å². The molecule has 1 amide bonds. The van der Waals surface area contributed by atoms with Gasteiger partial charge < -0.3 is 15.2 Å². The van der Waals surface area contributed by atoms with Crippen molar-refractivity contribution in [1.82, 2.24) is 10.2 Å². The third kappa shape index (κ3) is 5.30. The maximum Gasteiger partial charge on any atom is 0.251 e. The van der Waals surface area contributed by atoms with Crippen LogP contribution in [-0.2, 0) is 11.3 Å². The molecule has 23 heavy (non-hydrogen) atoms. The highest BCUT2D eigenvalue weighted by Crippen LogP contribution is 2.16. The van der Waals surface area contributed by atoms with Crippen molar-refractivity contribution < 1.29 is 14.6 Å². The zero-order valence-electron chi connectivity index (χ0n) is 14.4. The Hall–Kier alpha value is -1.43. The molecule has 1 aromatic carbocycles. The van der Waals surface area contributed by atoms with E-state index in [0.29, 0.717) is 12.1 Å². The van der Waals surface area contributed by atoms with Gasteiger partial charge in [0.1, 0.15) is 0 Å². The van der Waals surface area contributed by atoms with Gasteiger partial charge in [-0.2, -0.15) is 0 Å². The molecule has 1 aromatic rings. The molecule has 0 radical (unpaired) electrons. The summed E-state index contributed by atoms with van der Waals surface area (Å²) < 4.78 is 5.37. The van der Waals surface area contributed by atoms with Crippen molar-refractivity contribution in [2.75, 3.05) is 39.5 Å². The Kier molecular flexibility index (Phi) is 6.16. The van der Waals surface area contributed by atoms with Crippen LogP contribution >= 0.6 is 0 Å². The molecule has 1 aliphatic heterocycles. The van der Waals surface area contributed by atoms with Crippen molar-refractivity contribution in [2.45, 2.75) is 27.3 Å². The number of aliphatic hydroxyl groups is 1. The van der Waals surface area contributed by atoms with Crippen molar-refractivity contribution >= 4 is 5.91 Å². The molecule has 0 aliphatic carbocycles. The van der Waals surface area contributed by atoms with E-state index in [1.54, 1.807) is 0 Å². The van der Waals surface area contributed by atoms with Crippen molar-refractivity contribution in [1.29, 1.82) is 0 Å². The van der Waals surface area contributed by atoms with Crippen LogP contribution in [0.4, 0.5) is 0 Å². The van der Waals surface area contributed by atoms with Crippen LogP contribution in [0.2, 0.25) is 0 Å². The molecule has 128 valence electrons. The molecule has 2 rings (SSSR count). The Balaban J connectivity index is 2.02.